The number of aromatic nitrogens is 1. The van der Waals surface area contributed by atoms with E-state index in [0.29, 0.717) is 6.54 Å². The smallest absolute Gasteiger partial charge is 0.255 e. The van der Waals surface area contributed by atoms with Gasteiger partial charge >= 0.3 is 0 Å². The lowest BCUT2D eigenvalue weighted by Gasteiger charge is -2.49. The van der Waals surface area contributed by atoms with Crippen LogP contribution in [0.2, 0.25) is 0 Å². The summed E-state index contributed by atoms with van der Waals surface area (Å²) in [7, 11) is 0. The van der Waals surface area contributed by atoms with Crippen molar-refractivity contribution in [1.82, 2.24) is 9.88 Å². The van der Waals surface area contributed by atoms with Gasteiger partial charge in [0, 0.05) is 31.5 Å². The summed E-state index contributed by atoms with van der Waals surface area (Å²) in [5, 5.41) is 0. The minimum absolute atomic E-state index is 0.0258. The average molecular weight is 383 g/mol. The number of hydrogen-bond donors (Lipinski definition) is 0. The van der Waals surface area contributed by atoms with Crippen LogP contribution in [0, 0.1) is 5.82 Å². The number of amides is 1. The molecular weight excluding hydrogens is 357 g/mol. The summed E-state index contributed by atoms with van der Waals surface area (Å²) >= 11 is 0. The van der Waals surface area contributed by atoms with Crippen molar-refractivity contribution in [2.45, 2.75) is 37.9 Å². The standard InChI is InChI=1S/C22H26FN3O2/c1-17-21(27)26(20-5-3-2-4-6-20)16-22(28-17)8-11-25(12-9-22)10-7-18-13-19(23)15-24-14-18/h2-6,13-15,17H,7-12,16H2,1H3. The molecule has 3 heterocycles. The van der Waals surface area contributed by atoms with E-state index in [1.165, 1.54) is 6.20 Å². The summed E-state index contributed by atoms with van der Waals surface area (Å²) in [4.78, 5) is 20.8. The number of morpholine rings is 1. The van der Waals surface area contributed by atoms with Gasteiger partial charge in [-0.3, -0.25) is 9.78 Å². The van der Waals surface area contributed by atoms with Crippen LogP contribution in [0.1, 0.15) is 25.3 Å². The second-order valence-electron chi connectivity index (χ2n) is 7.81. The fraction of sp³-hybridized carbons (Fsp3) is 0.455. The normalized spacial score (nSPS) is 22.6. The van der Waals surface area contributed by atoms with E-state index in [1.807, 2.05) is 42.2 Å². The molecule has 1 aromatic carbocycles. The lowest BCUT2D eigenvalue weighted by atomic mass is 9.88. The maximum atomic E-state index is 13.3. The Hall–Kier alpha value is -2.31. The lowest BCUT2D eigenvalue weighted by Crippen LogP contribution is -2.61. The van der Waals surface area contributed by atoms with Gasteiger partial charge in [0.15, 0.2) is 0 Å². The monoisotopic (exact) mass is 383 g/mol. The summed E-state index contributed by atoms with van der Waals surface area (Å²) in [5.41, 5.74) is 1.56. The van der Waals surface area contributed by atoms with Crippen LogP contribution in [-0.2, 0) is 16.0 Å². The highest BCUT2D eigenvalue weighted by atomic mass is 19.1. The van der Waals surface area contributed by atoms with Gasteiger partial charge in [-0.05, 0) is 49.9 Å². The molecule has 1 spiro atoms. The summed E-state index contributed by atoms with van der Waals surface area (Å²) < 4.78 is 19.5. The van der Waals surface area contributed by atoms with Crippen molar-refractivity contribution in [3.05, 3.63) is 60.2 Å². The van der Waals surface area contributed by atoms with Crippen molar-refractivity contribution in [1.29, 1.82) is 0 Å². The first-order valence-corrected chi connectivity index (χ1v) is 9.91. The fourth-order valence-corrected chi connectivity index (χ4v) is 4.21. The Morgan fingerprint density at radius 3 is 2.68 bits per heavy atom. The predicted octanol–water partition coefficient (Wildman–Crippen LogP) is 3.05. The van der Waals surface area contributed by atoms with Gasteiger partial charge in [0.05, 0.1) is 18.3 Å². The molecule has 2 aliphatic rings. The lowest BCUT2D eigenvalue weighted by molar-refractivity contribution is -0.161. The first-order valence-electron chi connectivity index (χ1n) is 9.91. The number of benzene rings is 1. The molecule has 4 rings (SSSR count). The Bertz CT molecular complexity index is 822. The highest BCUT2D eigenvalue weighted by Gasteiger charge is 2.45. The highest BCUT2D eigenvalue weighted by Crippen LogP contribution is 2.35. The van der Waals surface area contributed by atoms with Crippen molar-refractivity contribution in [3.8, 4) is 0 Å². The number of halogens is 1. The first-order chi connectivity index (χ1) is 13.5. The Labute approximate surface area is 165 Å². The molecule has 148 valence electrons. The van der Waals surface area contributed by atoms with Gasteiger partial charge in [-0.15, -0.1) is 0 Å². The summed E-state index contributed by atoms with van der Waals surface area (Å²) in [6, 6.07) is 11.4. The third-order valence-electron chi connectivity index (χ3n) is 5.80. The van der Waals surface area contributed by atoms with Crippen LogP contribution >= 0.6 is 0 Å². The molecule has 0 saturated carbocycles. The molecule has 0 aliphatic carbocycles. The number of nitrogens with zero attached hydrogens (tertiary/aromatic N) is 3. The maximum absolute atomic E-state index is 13.3. The number of piperidine rings is 1. The van der Waals surface area contributed by atoms with E-state index in [1.54, 1.807) is 12.3 Å². The summed E-state index contributed by atoms with van der Waals surface area (Å²) in [6.45, 7) is 5.14. The molecule has 1 aromatic heterocycles. The Kier molecular flexibility index (Phi) is 5.42. The molecule has 1 atom stereocenters. The largest absolute Gasteiger partial charge is 0.360 e. The van der Waals surface area contributed by atoms with E-state index in [-0.39, 0.29) is 17.3 Å². The van der Waals surface area contributed by atoms with Gasteiger partial charge in [0.25, 0.3) is 5.91 Å². The first kappa shape index (κ1) is 19.0. The van der Waals surface area contributed by atoms with Crippen LogP contribution in [0.5, 0.6) is 0 Å². The molecule has 2 saturated heterocycles. The van der Waals surface area contributed by atoms with Gasteiger partial charge in [-0.25, -0.2) is 4.39 Å². The third kappa shape index (κ3) is 4.08. The van der Waals surface area contributed by atoms with Crippen LogP contribution < -0.4 is 4.90 Å². The summed E-state index contributed by atoms with van der Waals surface area (Å²) in [6.07, 6.45) is 5.08. The number of carbonyl (C=O) groups excluding carboxylic acids is 1. The molecule has 1 amide bonds. The van der Waals surface area contributed by atoms with E-state index in [4.69, 9.17) is 4.74 Å². The zero-order chi connectivity index (χ0) is 19.6. The molecule has 0 radical (unpaired) electrons. The van der Waals surface area contributed by atoms with Crippen molar-refractivity contribution in [2.75, 3.05) is 31.1 Å². The topological polar surface area (TPSA) is 45.7 Å². The van der Waals surface area contributed by atoms with Crippen LogP contribution in [0.4, 0.5) is 10.1 Å². The highest BCUT2D eigenvalue weighted by molar-refractivity contribution is 5.97. The average Bonchev–Trinajstić information content (AvgIpc) is 2.71. The number of para-hydroxylation sites is 1. The number of rotatable bonds is 4. The van der Waals surface area contributed by atoms with Gasteiger partial charge < -0.3 is 14.5 Å². The van der Waals surface area contributed by atoms with E-state index in [0.717, 1.165) is 50.1 Å². The molecule has 0 bridgehead atoms. The number of carbonyl (C=O) groups is 1. The Balaban J connectivity index is 1.38. The number of pyridine rings is 1. The molecule has 0 N–H and O–H groups in total. The molecule has 6 heteroatoms. The number of likely N-dealkylation sites (tertiary alicyclic amines) is 1. The fourth-order valence-electron chi connectivity index (χ4n) is 4.21. The van der Waals surface area contributed by atoms with Crippen molar-refractivity contribution in [3.63, 3.8) is 0 Å². The van der Waals surface area contributed by atoms with E-state index >= 15 is 0 Å². The molecule has 5 nitrogen and oxygen atoms in total. The minimum Gasteiger partial charge on any atom is -0.360 e. The van der Waals surface area contributed by atoms with Gasteiger partial charge in [0.2, 0.25) is 0 Å². The molecule has 2 aromatic rings. The quantitative estimate of drug-likeness (QED) is 0.814. The van der Waals surface area contributed by atoms with Crippen LogP contribution in [0.3, 0.4) is 0 Å². The van der Waals surface area contributed by atoms with E-state index in [2.05, 4.69) is 9.88 Å². The second kappa shape index (κ2) is 7.97. The zero-order valence-corrected chi connectivity index (χ0v) is 16.2. The Morgan fingerprint density at radius 2 is 1.96 bits per heavy atom. The molecular formula is C22H26FN3O2. The van der Waals surface area contributed by atoms with Gasteiger partial charge in [-0.1, -0.05) is 18.2 Å². The summed E-state index contributed by atoms with van der Waals surface area (Å²) in [5.74, 6) is -0.261. The molecule has 28 heavy (non-hydrogen) atoms. The zero-order valence-electron chi connectivity index (χ0n) is 16.2. The minimum atomic E-state index is -0.432. The SMILES string of the molecule is CC1OC2(CCN(CCc3cncc(F)c3)CC2)CN(c2ccccc2)C1=O. The van der Waals surface area contributed by atoms with E-state index < -0.39 is 6.10 Å². The van der Waals surface area contributed by atoms with Crippen molar-refractivity contribution < 1.29 is 13.9 Å². The van der Waals surface area contributed by atoms with Gasteiger partial charge in [0.1, 0.15) is 11.9 Å². The number of anilines is 1. The van der Waals surface area contributed by atoms with Gasteiger partial charge in [-0.2, -0.15) is 0 Å². The van der Waals surface area contributed by atoms with Crippen LogP contribution in [0.15, 0.2) is 48.8 Å². The van der Waals surface area contributed by atoms with E-state index in [9.17, 15) is 9.18 Å². The Morgan fingerprint density at radius 1 is 1.21 bits per heavy atom. The predicted molar refractivity (Wildman–Crippen MR) is 106 cm³/mol. The third-order valence-corrected chi connectivity index (χ3v) is 5.80. The van der Waals surface area contributed by atoms with Crippen LogP contribution in [-0.4, -0.2) is 53.7 Å². The molecule has 2 fully saturated rings. The maximum Gasteiger partial charge on any atom is 0.255 e. The molecule has 1 unspecified atom stereocenters. The molecule has 2 aliphatic heterocycles. The van der Waals surface area contributed by atoms with Crippen molar-refractivity contribution in [2.24, 2.45) is 0 Å². The number of ether oxygens (including phenoxy) is 1. The second-order valence-corrected chi connectivity index (χ2v) is 7.81. The number of hydrogen-bond acceptors (Lipinski definition) is 4. The van der Waals surface area contributed by atoms with Crippen molar-refractivity contribution >= 4 is 11.6 Å². The van der Waals surface area contributed by atoms with Crippen LogP contribution in [0.25, 0.3) is 0 Å².